The third-order valence-corrected chi connectivity index (χ3v) is 6.27. The molecular weight excluding hydrogens is 332 g/mol. The molecule has 3 heteroatoms. The van der Waals surface area contributed by atoms with Crippen LogP contribution in [0, 0.1) is 11.3 Å². The molecule has 3 N–H and O–H groups in total. The summed E-state index contributed by atoms with van der Waals surface area (Å²) in [4.78, 5) is 13.2. The lowest BCUT2D eigenvalue weighted by molar-refractivity contribution is -0.135. The van der Waals surface area contributed by atoms with E-state index in [1.807, 2.05) is 6.92 Å². The van der Waals surface area contributed by atoms with Crippen LogP contribution in [0.4, 0.5) is 0 Å². The lowest BCUT2D eigenvalue weighted by Crippen LogP contribution is -2.51. The Balaban J connectivity index is 4.80. The summed E-state index contributed by atoms with van der Waals surface area (Å²) in [5, 5.41) is 3.11. The van der Waals surface area contributed by atoms with Crippen molar-refractivity contribution in [2.75, 3.05) is 0 Å². The van der Waals surface area contributed by atoms with Crippen molar-refractivity contribution in [3.63, 3.8) is 0 Å². The minimum atomic E-state index is -0.248. The minimum absolute atomic E-state index is 0.203. The van der Waals surface area contributed by atoms with Gasteiger partial charge in [0.2, 0.25) is 5.91 Å². The summed E-state index contributed by atoms with van der Waals surface area (Å²) in [5.74, 6) is 0.557. The Morgan fingerprint density at radius 2 is 1.19 bits per heavy atom. The molecule has 0 radical (unpaired) electrons. The van der Waals surface area contributed by atoms with E-state index >= 15 is 0 Å². The van der Waals surface area contributed by atoms with Gasteiger partial charge in [-0.25, -0.2) is 0 Å². The first kappa shape index (κ1) is 26.4. The van der Waals surface area contributed by atoms with Crippen molar-refractivity contribution in [1.29, 1.82) is 0 Å². The first-order valence-electron chi connectivity index (χ1n) is 12.0. The van der Waals surface area contributed by atoms with Gasteiger partial charge in [0.15, 0.2) is 0 Å². The highest BCUT2D eigenvalue weighted by Crippen LogP contribution is 2.39. The molecule has 0 heterocycles. The van der Waals surface area contributed by atoms with E-state index < -0.39 is 0 Å². The SMILES string of the molecule is CCCCCCCCC(CCCCCCCC)(C(=O)NC(N)CC)C(C)C. The summed E-state index contributed by atoms with van der Waals surface area (Å²) in [6.45, 7) is 11.0. The van der Waals surface area contributed by atoms with E-state index in [0.29, 0.717) is 5.92 Å². The number of hydrogen-bond donors (Lipinski definition) is 2. The zero-order valence-electron chi connectivity index (χ0n) is 19.2. The maximum absolute atomic E-state index is 13.2. The third-order valence-electron chi connectivity index (χ3n) is 6.27. The number of carbonyl (C=O) groups excluding carboxylic acids is 1. The largest absolute Gasteiger partial charge is 0.341 e. The Hall–Kier alpha value is -0.570. The lowest BCUT2D eigenvalue weighted by Gasteiger charge is -2.37. The van der Waals surface area contributed by atoms with Crippen molar-refractivity contribution in [3.05, 3.63) is 0 Å². The summed E-state index contributed by atoms with van der Waals surface area (Å²) >= 11 is 0. The van der Waals surface area contributed by atoms with Crippen LogP contribution in [0.3, 0.4) is 0 Å². The predicted molar refractivity (Wildman–Crippen MR) is 120 cm³/mol. The van der Waals surface area contributed by atoms with Gasteiger partial charge in [-0.3, -0.25) is 4.79 Å². The molecule has 0 rings (SSSR count). The second-order valence-electron chi connectivity index (χ2n) is 8.83. The summed E-state index contributed by atoms with van der Waals surface area (Å²) < 4.78 is 0. The molecule has 3 nitrogen and oxygen atoms in total. The second-order valence-corrected chi connectivity index (χ2v) is 8.83. The number of nitrogens with one attached hydrogen (secondary N) is 1. The first-order chi connectivity index (χ1) is 12.9. The Morgan fingerprint density at radius 3 is 1.56 bits per heavy atom. The van der Waals surface area contributed by atoms with Gasteiger partial charge in [-0.1, -0.05) is 112 Å². The number of unbranched alkanes of at least 4 members (excludes halogenated alkanes) is 10. The van der Waals surface area contributed by atoms with E-state index in [1.54, 1.807) is 0 Å². The number of nitrogens with two attached hydrogens (primary N) is 1. The van der Waals surface area contributed by atoms with Crippen LogP contribution >= 0.6 is 0 Å². The van der Waals surface area contributed by atoms with E-state index in [0.717, 1.165) is 32.1 Å². The van der Waals surface area contributed by atoms with Crippen molar-refractivity contribution >= 4 is 5.91 Å². The Kier molecular flexibility index (Phi) is 16.0. The van der Waals surface area contributed by atoms with Crippen LogP contribution in [0.15, 0.2) is 0 Å². The number of hydrogen-bond acceptors (Lipinski definition) is 2. The third kappa shape index (κ3) is 11.1. The molecule has 1 unspecified atom stereocenters. The maximum atomic E-state index is 13.2. The van der Waals surface area contributed by atoms with Crippen LogP contribution in [0.2, 0.25) is 0 Å². The molecule has 0 spiro atoms. The van der Waals surface area contributed by atoms with Crippen LogP contribution in [0.5, 0.6) is 0 Å². The molecule has 0 aliphatic rings. The van der Waals surface area contributed by atoms with Crippen LogP contribution < -0.4 is 11.1 Å². The van der Waals surface area contributed by atoms with E-state index in [9.17, 15) is 4.79 Å². The summed E-state index contributed by atoms with van der Waals surface area (Å²) in [7, 11) is 0. The van der Waals surface area contributed by atoms with Crippen molar-refractivity contribution in [2.24, 2.45) is 17.1 Å². The van der Waals surface area contributed by atoms with Gasteiger partial charge in [-0.05, 0) is 25.2 Å². The quantitative estimate of drug-likeness (QED) is 0.199. The Morgan fingerprint density at radius 1 is 0.778 bits per heavy atom. The predicted octanol–water partition coefficient (Wildman–Crippen LogP) is 6.94. The van der Waals surface area contributed by atoms with Crippen molar-refractivity contribution in [3.8, 4) is 0 Å². The molecule has 1 amide bonds. The number of amides is 1. The summed E-state index contributed by atoms with van der Waals surface area (Å²) in [6, 6.07) is 0. The Bertz CT molecular complexity index is 338. The van der Waals surface area contributed by atoms with Crippen molar-refractivity contribution in [1.82, 2.24) is 5.32 Å². The van der Waals surface area contributed by atoms with Crippen LogP contribution in [-0.2, 0) is 4.79 Å². The first-order valence-corrected chi connectivity index (χ1v) is 12.0. The van der Waals surface area contributed by atoms with Gasteiger partial charge in [0.25, 0.3) is 0 Å². The molecule has 162 valence electrons. The normalized spacial score (nSPS) is 13.1. The molecule has 0 saturated heterocycles. The van der Waals surface area contributed by atoms with E-state index in [2.05, 4.69) is 33.0 Å². The highest BCUT2D eigenvalue weighted by Gasteiger charge is 2.40. The fourth-order valence-corrected chi connectivity index (χ4v) is 4.05. The molecule has 0 aliphatic heterocycles. The standard InChI is InChI=1S/C24H50N2O/c1-6-9-11-13-15-17-19-24(21(4)5,23(27)26-22(25)8-3)20-18-16-14-12-10-7-2/h21-22H,6-20,25H2,1-5H3,(H,26,27). The van der Waals surface area contributed by atoms with Gasteiger partial charge >= 0.3 is 0 Å². The number of rotatable bonds is 18. The summed E-state index contributed by atoms with van der Waals surface area (Å²) in [5.41, 5.74) is 5.81. The molecule has 27 heavy (non-hydrogen) atoms. The monoisotopic (exact) mass is 382 g/mol. The van der Waals surface area contributed by atoms with E-state index in [1.165, 1.54) is 64.2 Å². The van der Waals surface area contributed by atoms with E-state index in [4.69, 9.17) is 5.73 Å². The fraction of sp³-hybridized carbons (Fsp3) is 0.958. The highest BCUT2D eigenvalue weighted by molar-refractivity contribution is 5.83. The zero-order valence-corrected chi connectivity index (χ0v) is 19.2. The average Bonchev–Trinajstić information content (AvgIpc) is 2.65. The maximum Gasteiger partial charge on any atom is 0.227 e. The van der Waals surface area contributed by atoms with Gasteiger partial charge in [0, 0.05) is 0 Å². The zero-order chi connectivity index (χ0) is 20.5. The van der Waals surface area contributed by atoms with Gasteiger partial charge in [-0.15, -0.1) is 0 Å². The fourth-order valence-electron chi connectivity index (χ4n) is 4.05. The molecule has 0 aliphatic carbocycles. The van der Waals surface area contributed by atoms with Crippen LogP contribution in [-0.4, -0.2) is 12.1 Å². The molecular formula is C24H50N2O. The highest BCUT2D eigenvalue weighted by atomic mass is 16.2. The van der Waals surface area contributed by atoms with Crippen molar-refractivity contribution < 1.29 is 4.79 Å². The molecule has 0 aromatic heterocycles. The van der Waals surface area contributed by atoms with Gasteiger partial charge in [-0.2, -0.15) is 0 Å². The summed E-state index contributed by atoms with van der Waals surface area (Å²) in [6.07, 6.45) is 17.9. The van der Waals surface area contributed by atoms with Crippen LogP contribution in [0.25, 0.3) is 0 Å². The lowest BCUT2D eigenvalue weighted by atomic mass is 9.69. The van der Waals surface area contributed by atoms with Gasteiger partial charge < -0.3 is 11.1 Å². The Labute approximate surface area is 170 Å². The minimum Gasteiger partial charge on any atom is -0.341 e. The molecule has 0 saturated carbocycles. The van der Waals surface area contributed by atoms with Crippen LogP contribution in [0.1, 0.15) is 131 Å². The average molecular weight is 383 g/mol. The molecule has 0 aromatic rings. The molecule has 0 bridgehead atoms. The molecule has 0 fully saturated rings. The topological polar surface area (TPSA) is 55.1 Å². The van der Waals surface area contributed by atoms with E-state index in [-0.39, 0.29) is 17.5 Å². The molecule has 1 atom stereocenters. The molecule has 0 aromatic carbocycles. The smallest absolute Gasteiger partial charge is 0.227 e. The second kappa shape index (κ2) is 16.4. The van der Waals surface area contributed by atoms with Crippen molar-refractivity contribution in [2.45, 2.75) is 137 Å². The van der Waals surface area contributed by atoms with Gasteiger partial charge in [0.05, 0.1) is 11.6 Å². The number of carbonyl (C=O) groups is 1. The van der Waals surface area contributed by atoms with Gasteiger partial charge in [0.1, 0.15) is 0 Å².